The zero-order valence-electron chi connectivity index (χ0n) is 42.8. The van der Waals surface area contributed by atoms with Crippen molar-refractivity contribution in [3.05, 3.63) is 164 Å². The summed E-state index contributed by atoms with van der Waals surface area (Å²) in [5.41, 5.74) is 4.69. The topological polar surface area (TPSA) is 207 Å². The molecule has 2 aliphatic rings. The highest BCUT2D eigenvalue weighted by Crippen LogP contribution is 2.42. The van der Waals surface area contributed by atoms with Crippen molar-refractivity contribution in [2.75, 3.05) is 39.6 Å². The van der Waals surface area contributed by atoms with Crippen molar-refractivity contribution in [3.63, 3.8) is 0 Å². The highest BCUT2D eigenvalue weighted by atomic mass is 19.4. The number of hydrogen-bond acceptors (Lipinski definition) is 11. The lowest BCUT2D eigenvalue weighted by Gasteiger charge is -2.24. The van der Waals surface area contributed by atoms with E-state index in [9.17, 15) is 50.9 Å². The first kappa shape index (κ1) is 60.1. The standard InChI is InChI=1S/C29H27F4NO5.C25H18F4O3.C4H9NO3/c1-17-19(4-3-5-21(17)22-9-11-24-26(25(22)30)39-13-12-38-24)7-8-20-14-18(6-10-23(20)29(31,32)33)15-34-28(2,16-35)27(36)37;1-15-17(6-7-18-13-16(14-30)5-9-21(18)25(27,28)29)3-2-4-19(15)20-8-10-22-24(23(20)26)32-12-11-31-22;1-4(5,2-6)3(7)8/h3-11,14,34-35H,12-13,15-16H2,1-2H3,(H,36,37);2-10,13-14H,11-12H2,1H3;6H,2,5H2,1H3,(H,7,8)/b8-7+;7-6+;. The van der Waals surface area contributed by atoms with Crippen LogP contribution < -0.4 is 30.0 Å². The van der Waals surface area contributed by atoms with Crippen molar-refractivity contribution in [2.24, 2.45) is 5.73 Å². The summed E-state index contributed by atoms with van der Waals surface area (Å²) >= 11 is 0. The Morgan fingerprint density at radius 1 is 0.582 bits per heavy atom. The van der Waals surface area contributed by atoms with Crippen molar-refractivity contribution in [1.82, 2.24) is 5.32 Å². The van der Waals surface area contributed by atoms with Crippen molar-refractivity contribution < 1.29 is 88.9 Å². The predicted molar refractivity (Wildman–Crippen MR) is 279 cm³/mol. The fourth-order valence-corrected chi connectivity index (χ4v) is 7.92. The maximum Gasteiger partial charge on any atom is 0.416 e. The Balaban J connectivity index is 0.000000227. The summed E-state index contributed by atoms with van der Waals surface area (Å²) in [6, 6.07) is 23.4. The smallest absolute Gasteiger partial charge is 0.416 e. The molecule has 2 unspecified atom stereocenters. The minimum absolute atomic E-state index is 0.0273. The largest absolute Gasteiger partial charge is 0.486 e. The number of fused-ring (bicyclic) bond motifs is 2. The number of nitrogens with one attached hydrogen (secondary N) is 1. The number of hydrogen-bond donors (Lipinski definition) is 6. The van der Waals surface area contributed by atoms with E-state index in [0.29, 0.717) is 75.5 Å². The van der Waals surface area contributed by atoms with Crippen LogP contribution >= 0.6 is 0 Å². The van der Waals surface area contributed by atoms with Crippen LogP contribution in [0.3, 0.4) is 0 Å². The molecule has 79 heavy (non-hydrogen) atoms. The first-order chi connectivity index (χ1) is 37.2. The highest BCUT2D eigenvalue weighted by Gasteiger charge is 2.35. The molecule has 13 nitrogen and oxygen atoms in total. The average molecular weight is 1110 g/mol. The monoisotopic (exact) mass is 1110 g/mol. The van der Waals surface area contributed by atoms with Gasteiger partial charge in [0.1, 0.15) is 43.8 Å². The molecule has 2 heterocycles. The summed E-state index contributed by atoms with van der Waals surface area (Å²) in [7, 11) is 0. The van der Waals surface area contributed by atoms with Crippen molar-refractivity contribution in [2.45, 2.75) is 57.7 Å². The van der Waals surface area contributed by atoms with E-state index in [0.717, 1.165) is 18.2 Å². The Morgan fingerprint density at radius 3 is 1.43 bits per heavy atom. The number of carboxylic acid groups (broad SMARTS) is 2. The summed E-state index contributed by atoms with van der Waals surface area (Å²) in [6.07, 6.45) is -3.03. The maximum atomic E-state index is 15.3. The summed E-state index contributed by atoms with van der Waals surface area (Å²) in [5, 5.41) is 37.8. The second-order valence-electron chi connectivity index (χ2n) is 18.5. The van der Waals surface area contributed by atoms with E-state index in [1.54, 1.807) is 74.5 Å². The van der Waals surface area contributed by atoms with Gasteiger partial charge in [0, 0.05) is 23.2 Å². The minimum atomic E-state index is -4.63. The van der Waals surface area contributed by atoms with Gasteiger partial charge in [-0.3, -0.25) is 19.7 Å². The highest BCUT2D eigenvalue weighted by molar-refractivity contribution is 5.83. The Morgan fingerprint density at radius 2 is 1.03 bits per heavy atom. The number of aliphatic hydroxyl groups excluding tert-OH is 2. The molecule has 0 bridgehead atoms. The van der Waals surface area contributed by atoms with Crippen LogP contribution in [0.5, 0.6) is 23.0 Å². The first-order valence-electron chi connectivity index (χ1n) is 24.1. The van der Waals surface area contributed by atoms with Crippen LogP contribution in [-0.2, 0) is 28.5 Å². The van der Waals surface area contributed by atoms with E-state index in [-0.39, 0.29) is 53.5 Å². The maximum absolute atomic E-state index is 15.3. The molecule has 0 amide bonds. The van der Waals surface area contributed by atoms with E-state index in [1.165, 1.54) is 56.4 Å². The molecule has 0 radical (unpaired) electrons. The van der Waals surface area contributed by atoms with Gasteiger partial charge < -0.3 is 45.1 Å². The van der Waals surface area contributed by atoms with E-state index < -0.39 is 71.3 Å². The number of aldehydes is 1. The minimum Gasteiger partial charge on any atom is -0.486 e. The first-order valence-corrected chi connectivity index (χ1v) is 24.1. The van der Waals surface area contributed by atoms with Gasteiger partial charge in [-0.25, -0.2) is 8.78 Å². The third-order valence-corrected chi connectivity index (χ3v) is 12.7. The normalized spacial score (nSPS) is 14.5. The molecule has 8 rings (SSSR count). The molecule has 2 aliphatic heterocycles. The third-order valence-electron chi connectivity index (χ3n) is 12.7. The Kier molecular flexibility index (Phi) is 19.1. The van der Waals surface area contributed by atoms with Crippen LogP contribution in [0.1, 0.15) is 74.3 Å². The lowest BCUT2D eigenvalue weighted by molar-refractivity contribution is -0.146. The Bertz CT molecular complexity index is 3280. The van der Waals surface area contributed by atoms with Gasteiger partial charge in [0.2, 0.25) is 0 Å². The molecular formula is C58H54F8N2O11. The quantitative estimate of drug-likeness (QED) is 0.0341. The predicted octanol–water partition coefficient (Wildman–Crippen LogP) is 11.0. The number of carbonyl (C=O) groups is 3. The molecule has 0 spiro atoms. The number of nitrogens with two attached hydrogens (primary N) is 1. The van der Waals surface area contributed by atoms with Gasteiger partial charge in [-0.1, -0.05) is 72.8 Å². The molecule has 21 heteroatoms. The van der Waals surface area contributed by atoms with Crippen LogP contribution in [0.15, 0.2) is 97.1 Å². The zero-order valence-corrected chi connectivity index (χ0v) is 42.8. The molecule has 418 valence electrons. The van der Waals surface area contributed by atoms with E-state index >= 15 is 8.78 Å². The van der Waals surface area contributed by atoms with Crippen molar-refractivity contribution >= 4 is 42.5 Å². The summed E-state index contributed by atoms with van der Waals surface area (Å²) in [6.45, 7) is 5.85. The molecule has 0 aromatic heterocycles. The SMILES string of the molecule is CC(N)(CO)C(=O)O.Cc1c(/C=C/c2cc(C=O)ccc2C(F)(F)F)cccc1-c1ccc2c(c1F)OCCO2.Cc1c(/C=C/c2cc(CNC(C)(CO)C(=O)O)ccc2C(F)(F)F)cccc1-c1ccc2c(c1F)OCCO2. The number of benzene rings is 6. The molecule has 0 aliphatic carbocycles. The van der Waals surface area contributed by atoms with Gasteiger partial charge in [0.25, 0.3) is 0 Å². The molecule has 0 saturated carbocycles. The summed E-state index contributed by atoms with van der Waals surface area (Å²) < 4.78 is 133. The lowest BCUT2D eigenvalue weighted by atomic mass is 9.94. The molecule has 0 saturated heterocycles. The van der Waals surface area contributed by atoms with Crippen LogP contribution in [-0.4, -0.2) is 89.4 Å². The number of alkyl halides is 6. The van der Waals surface area contributed by atoms with E-state index in [4.69, 9.17) is 34.9 Å². The summed E-state index contributed by atoms with van der Waals surface area (Å²) in [4.78, 5) is 32.4. The number of halogens is 8. The van der Waals surface area contributed by atoms with E-state index in [1.807, 2.05) is 0 Å². The van der Waals surface area contributed by atoms with Crippen LogP contribution in [0.25, 0.3) is 46.6 Å². The van der Waals surface area contributed by atoms with Gasteiger partial charge in [-0.2, -0.15) is 26.3 Å². The third kappa shape index (κ3) is 14.3. The van der Waals surface area contributed by atoms with Crippen LogP contribution in [0.2, 0.25) is 0 Å². The molecule has 7 N–H and O–H groups in total. The van der Waals surface area contributed by atoms with Gasteiger partial charge in [-0.05, 0) is 126 Å². The number of aliphatic hydroxyl groups is 2. The fourth-order valence-electron chi connectivity index (χ4n) is 7.92. The van der Waals surface area contributed by atoms with Crippen molar-refractivity contribution in [3.8, 4) is 45.3 Å². The second kappa shape index (κ2) is 25.1. The van der Waals surface area contributed by atoms with E-state index in [2.05, 4.69) is 5.32 Å². The fraction of sp³-hybridized carbons (Fsp3) is 0.259. The number of aliphatic carboxylic acids is 2. The number of carbonyl (C=O) groups excluding carboxylic acids is 1. The van der Waals surface area contributed by atoms with Gasteiger partial charge in [0.05, 0.1) is 24.3 Å². The van der Waals surface area contributed by atoms with Gasteiger partial charge in [-0.15, -0.1) is 0 Å². The van der Waals surface area contributed by atoms with Crippen molar-refractivity contribution in [1.29, 1.82) is 0 Å². The lowest BCUT2D eigenvalue weighted by Crippen LogP contribution is -2.52. The molecule has 2 atom stereocenters. The molecule has 0 fully saturated rings. The second-order valence-corrected chi connectivity index (χ2v) is 18.5. The van der Waals surface area contributed by atoms with Crippen LogP contribution in [0, 0.1) is 25.5 Å². The average Bonchev–Trinajstić information content (AvgIpc) is 3.45. The molecule has 6 aromatic carbocycles. The Hall–Kier alpha value is -8.11. The number of carboxylic acids is 2. The van der Waals surface area contributed by atoms with Crippen LogP contribution in [0.4, 0.5) is 35.1 Å². The van der Waals surface area contributed by atoms with Gasteiger partial charge >= 0.3 is 24.3 Å². The Labute approximate surface area is 448 Å². The number of rotatable bonds is 14. The zero-order chi connectivity index (χ0) is 58.0. The summed E-state index contributed by atoms with van der Waals surface area (Å²) in [5.74, 6) is -2.89. The van der Waals surface area contributed by atoms with Gasteiger partial charge in [0.15, 0.2) is 34.6 Å². The molecular weight excluding hydrogens is 1050 g/mol. The number of ether oxygens (including phenoxy) is 4. The molecule has 6 aromatic rings.